The van der Waals surface area contributed by atoms with Crippen LogP contribution in [0.4, 0.5) is 87.8 Å². The molecule has 0 saturated carbocycles. The minimum atomic E-state index is -7.42. The molecule has 0 aliphatic rings. The predicted octanol–water partition coefficient (Wildman–Crippen LogP) is 7.31. The van der Waals surface area contributed by atoms with E-state index in [1.165, 1.54) is 0 Å². The van der Waals surface area contributed by atoms with E-state index >= 15 is 0 Å². The van der Waals surface area contributed by atoms with Gasteiger partial charge in [-0.2, -0.15) is 70.2 Å². The third-order valence-electron chi connectivity index (χ3n) is 3.46. The summed E-state index contributed by atoms with van der Waals surface area (Å²) in [5.74, 6) is -43.1. The van der Waals surface area contributed by atoms with Crippen LogP contribution in [0.15, 0.2) is 0 Å². The van der Waals surface area contributed by atoms with Gasteiger partial charge in [-0.25, -0.2) is 17.6 Å². The Bertz CT molecular complexity index is 610. The molecule has 0 aliphatic heterocycles. The molecule has 33 heavy (non-hydrogen) atoms. The quantitative estimate of drug-likeness (QED) is 0.234. The average Bonchev–Trinajstić information content (AvgIpc) is 2.49. The molecule has 0 aliphatic carbocycles. The van der Waals surface area contributed by atoms with Crippen LogP contribution >= 0.6 is 0 Å². The van der Waals surface area contributed by atoms with Gasteiger partial charge >= 0.3 is 60.6 Å². The highest BCUT2D eigenvalue weighted by molar-refractivity contribution is 5.00. The molecule has 1 nitrogen and oxygen atoms in total. The zero-order chi connectivity index (χ0) is 27.3. The van der Waals surface area contributed by atoms with Gasteiger partial charge in [-0.3, -0.25) is 4.74 Å². The second kappa shape index (κ2) is 8.65. The third-order valence-corrected chi connectivity index (χ3v) is 3.46. The molecule has 0 saturated heterocycles. The molecule has 21 heteroatoms. The van der Waals surface area contributed by atoms with Gasteiger partial charge in [0.25, 0.3) is 0 Å². The van der Waals surface area contributed by atoms with E-state index in [1.54, 1.807) is 0 Å². The van der Waals surface area contributed by atoms with Gasteiger partial charge in [-0.15, -0.1) is 0 Å². The van der Waals surface area contributed by atoms with E-state index in [9.17, 15) is 87.8 Å². The van der Waals surface area contributed by atoms with E-state index in [1.807, 2.05) is 4.74 Å². The molecule has 0 atom stereocenters. The van der Waals surface area contributed by atoms with Crippen LogP contribution in [0.3, 0.4) is 0 Å². The van der Waals surface area contributed by atoms with Crippen molar-refractivity contribution in [3.8, 4) is 0 Å². The van der Waals surface area contributed by atoms with E-state index in [4.69, 9.17) is 0 Å². The fourth-order valence-electron chi connectivity index (χ4n) is 1.79. The first-order valence-electron chi connectivity index (χ1n) is 7.30. The monoisotopic (exact) mass is 546 g/mol. The number of hydrogen-bond donors (Lipinski definition) is 0. The Morgan fingerprint density at radius 3 is 0.818 bits per heavy atom. The fourth-order valence-corrected chi connectivity index (χ4v) is 1.79. The molecule has 0 aromatic rings. The van der Waals surface area contributed by atoms with Crippen molar-refractivity contribution in [1.82, 2.24) is 0 Å². The van der Waals surface area contributed by atoms with Crippen molar-refractivity contribution in [2.24, 2.45) is 0 Å². The number of ether oxygens (including phenoxy) is 1. The maximum atomic E-state index is 13.1. The van der Waals surface area contributed by atoms with Crippen LogP contribution in [0.25, 0.3) is 0 Å². The van der Waals surface area contributed by atoms with Gasteiger partial charge in [0, 0.05) is 0 Å². The first-order valence-corrected chi connectivity index (χ1v) is 7.30. The summed E-state index contributed by atoms with van der Waals surface area (Å²) < 4.78 is 256. The van der Waals surface area contributed by atoms with E-state index in [-0.39, 0.29) is 0 Å². The average molecular weight is 546 g/mol. The standard InChI is InChI=1S/C12H6F20O/c13-3(14)9(25,26)11(29,30)5(17,18)1-7(21,22)33-8(23,24)2-6(19,20)12(31,32)10(27,28)4(15)16/h3-4H,1-2H2. The second-order valence-corrected chi connectivity index (χ2v) is 6.14. The summed E-state index contributed by atoms with van der Waals surface area (Å²) >= 11 is 0. The van der Waals surface area contributed by atoms with Gasteiger partial charge in [-0.1, -0.05) is 0 Å². The lowest BCUT2D eigenvalue weighted by Crippen LogP contribution is -2.60. The Morgan fingerprint density at radius 1 is 0.424 bits per heavy atom. The van der Waals surface area contributed by atoms with Gasteiger partial charge in [0.15, 0.2) is 0 Å². The highest BCUT2D eigenvalue weighted by Gasteiger charge is 2.79. The SMILES string of the molecule is FC(F)C(F)(F)C(F)(F)C(F)(F)CC(F)(F)OC(F)(F)CC(F)(F)C(F)(F)C(F)(F)C(F)F. The molecule has 0 amide bonds. The highest BCUT2D eigenvalue weighted by atomic mass is 19.4. The summed E-state index contributed by atoms with van der Waals surface area (Å²) in [6.07, 6.45) is -33.4. The molecule has 0 spiro atoms. The third kappa shape index (κ3) is 5.98. The first kappa shape index (κ1) is 31.6. The van der Waals surface area contributed by atoms with Gasteiger partial charge in [0.1, 0.15) is 12.8 Å². The predicted molar refractivity (Wildman–Crippen MR) is 61.9 cm³/mol. The van der Waals surface area contributed by atoms with Crippen molar-refractivity contribution in [3.05, 3.63) is 0 Å². The van der Waals surface area contributed by atoms with Crippen molar-refractivity contribution in [2.45, 2.75) is 73.4 Å². The van der Waals surface area contributed by atoms with E-state index in [0.29, 0.717) is 0 Å². The largest absolute Gasteiger partial charge is 0.378 e. The summed E-state index contributed by atoms with van der Waals surface area (Å²) in [5, 5.41) is 0. The minimum absolute atomic E-state index is 1.88. The summed E-state index contributed by atoms with van der Waals surface area (Å²) in [6.45, 7) is 0. The summed E-state index contributed by atoms with van der Waals surface area (Å²) in [4.78, 5) is 0. The van der Waals surface area contributed by atoms with Crippen molar-refractivity contribution in [2.75, 3.05) is 0 Å². The molecule has 0 aromatic heterocycles. The van der Waals surface area contributed by atoms with Crippen LogP contribution in [0, 0.1) is 0 Å². The molecule has 0 N–H and O–H groups in total. The van der Waals surface area contributed by atoms with Crippen molar-refractivity contribution in [1.29, 1.82) is 0 Å². The maximum Gasteiger partial charge on any atom is 0.378 e. The van der Waals surface area contributed by atoms with E-state index < -0.39 is 73.4 Å². The van der Waals surface area contributed by atoms with Gasteiger partial charge in [-0.05, 0) is 0 Å². The molecule has 0 unspecified atom stereocenters. The Kier molecular flexibility index (Phi) is 8.27. The van der Waals surface area contributed by atoms with Crippen LogP contribution in [-0.4, -0.2) is 60.6 Å². The topological polar surface area (TPSA) is 9.23 Å². The smallest absolute Gasteiger partial charge is 0.255 e. The summed E-state index contributed by atoms with van der Waals surface area (Å²) in [6, 6.07) is 0. The number of alkyl halides is 20. The van der Waals surface area contributed by atoms with E-state index in [0.717, 1.165) is 0 Å². The van der Waals surface area contributed by atoms with Gasteiger partial charge in [0.2, 0.25) is 0 Å². The van der Waals surface area contributed by atoms with Crippen LogP contribution in [0.1, 0.15) is 12.8 Å². The molecule has 0 aromatic carbocycles. The van der Waals surface area contributed by atoms with Crippen molar-refractivity contribution >= 4 is 0 Å². The van der Waals surface area contributed by atoms with Crippen LogP contribution in [0.5, 0.6) is 0 Å². The maximum absolute atomic E-state index is 13.1. The molecule has 0 radical (unpaired) electrons. The van der Waals surface area contributed by atoms with Crippen LogP contribution in [0.2, 0.25) is 0 Å². The second-order valence-electron chi connectivity index (χ2n) is 6.14. The molecular formula is C12H6F20O. The molecule has 0 rings (SSSR count). The molecule has 0 heterocycles. The normalized spacial score (nSPS) is 16.2. The summed E-state index contributed by atoms with van der Waals surface area (Å²) in [5.41, 5.74) is 0. The minimum Gasteiger partial charge on any atom is -0.255 e. The molecule has 200 valence electrons. The molecule has 0 bridgehead atoms. The highest BCUT2D eigenvalue weighted by Crippen LogP contribution is 2.55. The van der Waals surface area contributed by atoms with Crippen molar-refractivity contribution < 1.29 is 92.5 Å². The zero-order valence-electron chi connectivity index (χ0n) is 14.5. The van der Waals surface area contributed by atoms with Crippen LogP contribution < -0.4 is 0 Å². The Morgan fingerprint density at radius 2 is 0.636 bits per heavy atom. The zero-order valence-corrected chi connectivity index (χ0v) is 14.5. The molecular weight excluding hydrogens is 540 g/mol. The lowest BCUT2D eigenvalue weighted by atomic mass is 10.0. The Labute approximate surface area is 167 Å². The Hall–Kier alpha value is -1.44. The number of halogens is 20. The van der Waals surface area contributed by atoms with Gasteiger partial charge in [0.05, 0.1) is 0 Å². The fraction of sp³-hybridized carbons (Fsp3) is 1.00. The molecule has 0 fully saturated rings. The number of hydrogen-bond acceptors (Lipinski definition) is 1. The van der Waals surface area contributed by atoms with Crippen LogP contribution in [-0.2, 0) is 4.74 Å². The number of rotatable bonds is 12. The lowest BCUT2D eigenvalue weighted by molar-refractivity contribution is -0.425. The van der Waals surface area contributed by atoms with E-state index in [2.05, 4.69) is 0 Å². The first-order chi connectivity index (χ1) is 14.0. The van der Waals surface area contributed by atoms with Crippen molar-refractivity contribution in [3.63, 3.8) is 0 Å². The Balaban J connectivity index is 5.85. The summed E-state index contributed by atoms with van der Waals surface area (Å²) in [7, 11) is 0. The van der Waals surface area contributed by atoms with Gasteiger partial charge < -0.3 is 0 Å². The lowest BCUT2D eigenvalue weighted by Gasteiger charge is -2.36.